The Balaban J connectivity index is 2.29. The Hall–Kier alpha value is -2.09. The average molecular weight is 413 g/mol. The molecule has 26 heavy (non-hydrogen) atoms. The number of carbonyl (C=O) groups excluding carboxylic acids is 1. The van der Waals surface area contributed by atoms with Crippen molar-refractivity contribution in [3.8, 4) is 0 Å². The number of esters is 1. The largest absolute Gasteiger partial charge is 0.469 e. The SMILES string of the molecule is COC(=O)Cc1c(C)n(S(=O)(=O)c2ccc(Cl)c(Cl)c2)c2ncccc12. The van der Waals surface area contributed by atoms with Crippen molar-refractivity contribution in [3.05, 3.63) is 57.8 Å². The molecular weight excluding hydrogens is 399 g/mol. The second-order valence-electron chi connectivity index (χ2n) is 5.54. The Bertz CT molecular complexity index is 1120. The standard InChI is InChI=1S/C17H14Cl2N2O4S/c1-10-13(9-16(22)25-2)12-4-3-7-20-17(12)21(10)26(23,24)11-5-6-14(18)15(19)8-11/h3-8H,9H2,1-2H3. The predicted octanol–water partition coefficient (Wildman–Crippen LogP) is 3.60. The molecular formula is C17H14Cl2N2O4S. The first-order chi connectivity index (χ1) is 12.3. The third-order valence-corrected chi connectivity index (χ3v) is 6.54. The molecule has 0 saturated heterocycles. The molecule has 0 aliphatic carbocycles. The first kappa shape index (κ1) is 18.7. The molecule has 136 valence electrons. The van der Waals surface area contributed by atoms with Gasteiger partial charge in [-0.3, -0.25) is 4.79 Å². The van der Waals surface area contributed by atoms with E-state index < -0.39 is 16.0 Å². The quantitative estimate of drug-likeness (QED) is 0.611. The smallest absolute Gasteiger partial charge is 0.310 e. The van der Waals surface area contributed by atoms with E-state index in [9.17, 15) is 13.2 Å². The molecule has 9 heteroatoms. The van der Waals surface area contributed by atoms with Crippen LogP contribution < -0.4 is 0 Å². The van der Waals surface area contributed by atoms with Crippen molar-refractivity contribution < 1.29 is 17.9 Å². The number of fused-ring (bicyclic) bond motifs is 1. The normalized spacial score (nSPS) is 11.7. The van der Waals surface area contributed by atoms with Crippen LogP contribution in [0.15, 0.2) is 41.4 Å². The summed E-state index contributed by atoms with van der Waals surface area (Å²) in [6.07, 6.45) is 1.43. The van der Waals surface area contributed by atoms with Crippen LogP contribution in [0.25, 0.3) is 11.0 Å². The van der Waals surface area contributed by atoms with Crippen molar-refractivity contribution in [3.63, 3.8) is 0 Å². The lowest BCUT2D eigenvalue weighted by Gasteiger charge is -2.10. The van der Waals surface area contributed by atoms with Crippen molar-refractivity contribution in [2.45, 2.75) is 18.2 Å². The summed E-state index contributed by atoms with van der Waals surface area (Å²) < 4.78 is 32.2. The van der Waals surface area contributed by atoms with Crippen LogP contribution in [0.5, 0.6) is 0 Å². The van der Waals surface area contributed by atoms with E-state index in [2.05, 4.69) is 4.98 Å². The molecule has 0 spiro atoms. The Morgan fingerprint density at radius 1 is 1.23 bits per heavy atom. The Kier molecular flexibility index (Phi) is 4.96. The van der Waals surface area contributed by atoms with Crippen LogP contribution in [0.4, 0.5) is 0 Å². The van der Waals surface area contributed by atoms with Crippen molar-refractivity contribution in [2.75, 3.05) is 7.11 Å². The van der Waals surface area contributed by atoms with Gasteiger partial charge in [0.2, 0.25) is 0 Å². The molecule has 0 aliphatic heterocycles. The van der Waals surface area contributed by atoms with Crippen LogP contribution in [-0.4, -0.2) is 30.5 Å². The third kappa shape index (κ3) is 3.06. The number of hydrogen-bond donors (Lipinski definition) is 0. The average Bonchev–Trinajstić information content (AvgIpc) is 2.89. The summed E-state index contributed by atoms with van der Waals surface area (Å²) in [6.45, 7) is 1.62. The van der Waals surface area contributed by atoms with E-state index in [1.54, 1.807) is 19.1 Å². The monoisotopic (exact) mass is 412 g/mol. The van der Waals surface area contributed by atoms with E-state index in [0.29, 0.717) is 16.6 Å². The van der Waals surface area contributed by atoms with Gasteiger partial charge < -0.3 is 4.74 Å². The van der Waals surface area contributed by atoms with Gasteiger partial charge in [-0.05, 0) is 42.8 Å². The molecule has 2 heterocycles. The zero-order chi connectivity index (χ0) is 19.1. The molecule has 0 saturated carbocycles. The maximum atomic E-state index is 13.2. The van der Waals surface area contributed by atoms with E-state index >= 15 is 0 Å². The van der Waals surface area contributed by atoms with Crippen LogP contribution in [0.3, 0.4) is 0 Å². The van der Waals surface area contributed by atoms with Crippen LogP contribution in [-0.2, 0) is 26.0 Å². The zero-order valence-electron chi connectivity index (χ0n) is 13.9. The number of methoxy groups -OCH3 is 1. The fourth-order valence-corrected chi connectivity index (χ4v) is 4.67. The number of pyridine rings is 1. The number of aromatic nitrogens is 2. The zero-order valence-corrected chi connectivity index (χ0v) is 16.2. The van der Waals surface area contributed by atoms with Gasteiger partial charge in [0.1, 0.15) is 0 Å². The van der Waals surface area contributed by atoms with Crippen LogP contribution >= 0.6 is 23.2 Å². The van der Waals surface area contributed by atoms with Gasteiger partial charge >= 0.3 is 5.97 Å². The van der Waals surface area contributed by atoms with E-state index in [0.717, 1.165) is 3.97 Å². The molecule has 6 nitrogen and oxygen atoms in total. The second-order valence-corrected chi connectivity index (χ2v) is 8.14. The molecule has 0 bridgehead atoms. The number of nitrogens with zero attached hydrogens (tertiary/aromatic N) is 2. The first-order valence-electron chi connectivity index (χ1n) is 7.49. The van der Waals surface area contributed by atoms with Gasteiger partial charge in [0.25, 0.3) is 10.0 Å². The summed E-state index contributed by atoms with van der Waals surface area (Å²) in [5.41, 5.74) is 1.16. The fraction of sp³-hybridized carbons (Fsp3) is 0.176. The summed E-state index contributed by atoms with van der Waals surface area (Å²) in [5, 5.41) is 0.952. The van der Waals surface area contributed by atoms with E-state index in [1.807, 2.05) is 0 Å². The van der Waals surface area contributed by atoms with Crippen molar-refractivity contribution in [1.82, 2.24) is 8.96 Å². The Morgan fingerprint density at radius 2 is 1.96 bits per heavy atom. The highest BCUT2D eigenvalue weighted by Crippen LogP contribution is 2.31. The molecule has 0 aliphatic rings. The van der Waals surface area contributed by atoms with Gasteiger partial charge in [0, 0.05) is 17.3 Å². The van der Waals surface area contributed by atoms with Crippen LogP contribution in [0.2, 0.25) is 10.0 Å². The highest BCUT2D eigenvalue weighted by atomic mass is 35.5. The molecule has 0 fully saturated rings. The maximum Gasteiger partial charge on any atom is 0.310 e. The molecule has 3 rings (SSSR count). The summed E-state index contributed by atoms with van der Waals surface area (Å²) in [6, 6.07) is 7.47. The molecule has 1 aromatic carbocycles. The molecule has 2 aromatic heterocycles. The molecule has 3 aromatic rings. The highest BCUT2D eigenvalue weighted by molar-refractivity contribution is 7.90. The lowest BCUT2D eigenvalue weighted by molar-refractivity contribution is -0.139. The number of hydrogen-bond acceptors (Lipinski definition) is 5. The Morgan fingerprint density at radius 3 is 2.62 bits per heavy atom. The van der Waals surface area contributed by atoms with Crippen molar-refractivity contribution in [2.24, 2.45) is 0 Å². The number of carbonyl (C=O) groups is 1. The number of rotatable bonds is 4. The minimum atomic E-state index is -4.00. The van der Waals surface area contributed by atoms with Gasteiger partial charge in [-0.25, -0.2) is 17.4 Å². The maximum absolute atomic E-state index is 13.2. The van der Waals surface area contributed by atoms with Gasteiger partial charge in [0.15, 0.2) is 5.65 Å². The predicted molar refractivity (Wildman–Crippen MR) is 99.2 cm³/mol. The third-order valence-electron chi connectivity index (χ3n) is 4.02. The van der Waals surface area contributed by atoms with E-state index in [-0.39, 0.29) is 27.0 Å². The van der Waals surface area contributed by atoms with Crippen LogP contribution in [0.1, 0.15) is 11.3 Å². The van der Waals surface area contributed by atoms with Gasteiger partial charge in [0.05, 0.1) is 28.5 Å². The van der Waals surface area contributed by atoms with Gasteiger partial charge in [-0.2, -0.15) is 0 Å². The summed E-state index contributed by atoms with van der Waals surface area (Å²) in [5.74, 6) is -0.470. The van der Waals surface area contributed by atoms with Crippen molar-refractivity contribution in [1.29, 1.82) is 0 Å². The second kappa shape index (κ2) is 6.90. The highest BCUT2D eigenvalue weighted by Gasteiger charge is 2.27. The summed E-state index contributed by atoms with van der Waals surface area (Å²) in [7, 11) is -2.72. The summed E-state index contributed by atoms with van der Waals surface area (Å²) >= 11 is 11.9. The molecule has 0 N–H and O–H groups in total. The first-order valence-corrected chi connectivity index (χ1v) is 9.69. The lowest BCUT2D eigenvalue weighted by atomic mass is 10.1. The Labute approximate surface area is 160 Å². The number of ether oxygens (including phenoxy) is 1. The van der Waals surface area contributed by atoms with Crippen molar-refractivity contribution >= 4 is 50.2 Å². The topological polar surface area (TPSA) is 78.3 Å². The minimum absolute atomic E-state index is 0.0258. The van der Waals surface area contributed by atoms with Gasteiger partial charge in [-0.15, -0.1) is 0 Å². The summed E-state index contributed by atoms with van der Waals surface area (Å²) in [4.78, 5) is 15.9. The van der Waals surface area contributed by atoms with Crippen LogP contribution in [0, 0.1) is 6.92 Å². The lowest BCUT2D eigenvalue weighted by Crippen LogP contribution is -2.15. The molecule has 0 atom stereocenters. The minimum Gasteiger partial charge on any atom is -0.469 e. The number of halogens is 2. The van der Waals surface area contributed by atoms with E-state index in [4.69, 9.17) is 27.9 Å². The molecule has 0 radical (unpaired) electrons. The van der Waals surface area contributed by atoms with E-state index in [1.165, 1.54) is 31.5 Å². The number of benzene rings is 1. The van der Waals surface area contributed by atoms with Gasteiger partial charge in [-0.1, -0.05) is 23.2 Å². The molecule has 0 amide bonds. The fourth-order valence-electron chi connectivity index (χ4n) is 2.75. The molecule has 0 unspecified atom stereocenters.